The number of likely N-dealkylation sites (tertiary alicyclic amines) is 1. The van der Waals surface area contributed by atoms with Gasteiger partial charge in [-0.15, -0.1) is 0 Å². The van der Waals surface area contributed by atoms with E-state index in [4.69, 9.17) is 4.52 Å². The third-order valence-corrected chi connectivity index (χ3v) is 4.62. The molecule has 1 fully saturated rings. The van der Waals surface area contributed by atoms with Gasteiger partial charge in [0.25, 0.3) is 0 Å². The van der Waals surface area contributed by atoms with Crippen LogP contribution in [0.4, 0.5) is 0 Å². The quantitative estimate of drug-likeness (QED) is 0.871. The van der Waals surface area contributed by atoms with Crippen molar-refractivity contribution in [3.8, 4) is 0 Å². The van der Waals surface area contributed by atoms with E-state index in [0.717, 1.165) is 31.6 Å². The number of aromatic nitrogens is 2. The lowest BCUT2D eigenvalue weighted by Crippen LogP contribution is -2.39. The second-order valence-electron chi connectivity index (χ2n) is 5.48. The number of thiophene rings is 1. The van der Waals surface area contributed by atoms with E-state index in [1.807, 2.05) is 4.90 Å². The molecule has 2 aromatic rings. The maximum atomic E-state index is 12.3. The lowest BCUT2D eigenvalue weighted by Gasteiger charge is -2.31. The maximum Gasteiger partial charge on any atom is 0.223 e. The van der Waals surface area contributed by atoms with Gasteiger partial charge in [-0.05, 0) is 41.7 Å². The number of amides is 1. The Hall–Kier alpha value is -1.69. The van der Waals surface area contributed by atoms with E-state index >= 15 is 0 Å². The average molecular weight is 305 g/mol. The molecule has 21 heavy (non-hydrogen) atoms. The molecule has 1 atom stereocenters. The number of piperidine rings is 1. The molecule has 1 saturated heterocycles. The predicted octanol–water partition coefficient (Wildman–Crippen LogP) is 2.78. The molecule has 3 rings (SSSR count). The van der Waals surface area contributed by atoms with Gasteiger partial charge in [0, 0.05) is 32.4 Å². The summed E-state index contributed by atoms with van der Waals surface area (Å²) in [6, 6.07) is 2.08. The van der Waals surface area contributed by atoms with Crippen molar-refractivity contribution in [1.29, 1.82) is 0 Å². The molecular formula is C15H19N3O2S. The molecule has 0 spiro atoms. The molecule has 1 amide bonds. The monoisotopic (exact) mass is 305 g/mol. The highest BCUT2D eigenvalue weighted by atomic mass is 32.1. The van der Waals surface area contributed by atoms with Crippen LogP contribution in [0.5, 0.6) is 0 Å². The molecule has 0 aromatic carbocycles. The summed E-state index contributed by atoms with van der Waals surface area (Å²) in [5.74, 6) is 1.76. The molecule has 2 aromatic heterocycles. The van der Waals surface area contributed by atoms with Gasteiger partial charge in [-0.2, -0.15) is 16.3 Å². The number of rotatable bonds is 4. The number of hydrogen-bond acceptors (Lipinski definition) is 5. The third kappa shape index (κ3) is 3.50. The Kier molecular flexibility index (Phi) is 4.34. The van der Waals surface area contributed by atoms with Crippen molar-refractivity contribution in [3.05, 3.63) is 34.1 Å². The highest BCUT2D eigenvalue weighted by Gasteiger charge is 2.27. The summed E-state index contributed by atoms with van der Waals surface area (Å²) in [4.78, 5) is 18.6. The molecule has 1 unspecified atom stereocenters. The minimum atomic E-state index is 0.210. The van der Waals surface area contributed by atoms with E-state index in [9.17, 15) is 4.79 Å². The van der Waals surface area contributed by atoms with Crippen LogP contribution in [0.15, 0.2) is 21.3 Å². The first-order valence-electron chi connectivity index (χ1n) is 7.31. The van der Waals surface area contributed by atoms with Crippen molar-refractivity contribution in [3.63, 3.8) is 0 Å². The van der Waals surface area contributed by atoms with Gasteiger partial charge in [0.15, 0.2) is 5.82 Å². The zero-order chi connectivity index (χ0) is 14.7. The predicted molar refractivity (Wildman–Crippen MR) is 80.2 cm³/mol. The zero-order valence-corrected chi connectivity index (χ0v) is 12.9. The van der Waals surface area contributed by atoms with E-state index < -0.39 is 0 Å². The number of carbonyl (C=O) groups is 1. The SMILES string of the molecule is Cc1nc(C2CCCN(C(=O)CCc3ccsc3)C2)no1. The highest BCUT2D eigenvalue weighted by molar-refractivity contribution is 7.07. The Morgan fingerprint density at radius 3 is 3.19 bits per heavy atom. The first kappa shape index (κ1) is 14.3. The fourth-order valence-electron chi connectivity index (χ4n) is 2.74. The molecule has 5 nitrogen and oxygen atoms in total. The highest BCUT2D eigenvalue weighted by Crippen LogP contribution is 2.25. The van der Waals surface area contributed by atoms with Crippen molar-refractivity contribution >= 4 is 17.2 Å². The first-order chi connectivity index (χ1) is 10.2. The van der Waals surface area contributed by atoms with Crippen LogP contribution < -0.4 is 0 Å². The summed E-state index contributed by atoms with van der Waals surface area (Å²) in [6.45, 7) is 3.35. The summed E-state index contributed by atoms with van der Waals surface area (Å²) in [6.07, 6.45) is 3.43. The van der Waals surface area contributed by atoms with Gasteiger partial charge in [-0.3, -0.25) is 4.79 Å². The van der Waals surface area contributed by atoms with Gasteiger partial charge in [-0.25, -0.2) is 0 Å². The molecule has 3 heterocycles. The van der Waals surface area contributed by atoms with Crippen LogP contribution in [-0.2, 0) is 11.2 Å². The van der Waals surface area contributed by atoms with E-state index in [1.165, 1.54) is 5.56 Å². The summed E-state index contributed by atoms with van der Waals surface area (Å²) in [7, 11) is 0. The largest absolute Gasteiger partial charge is 0.342 e. The first-order valence-corrected chi connectivity index (χ1v) is 8.25. The van der Waals surface area contributed by atoms with Crippen LogP contribution in [0.3, 0.4) is 0 Å². The van der Waals surface area contributed by atoms with Crippen molar-refractivity contribution < 1.29 is 9.32 Å². The molecule has 1 aliphatic heterocycles. The summed E-state index contributed by atoms with van der Waals surface area (Å²) in [5.41, 5.74) is 1.25. The third-order valence-electron chi connectivity index (χ3n) is 3.89. The fourth-order valence-corrected chi connectivity index (χ4v) is 3.44. The smallest absolute Gasteiger partial charge is 0.223 e. The Morgan fingerprint density at radius 1 is 1.57 bits per heavy atom. The molecule has 0 aliphatic carbocycles. The average Bonchev–Trinajstić information content (AvgIpc) is 3.16. The van der Waals surface area contributed by atoms with Crippen LogP contribution >= 0.6 is 11.3 Å². The standard InChI is InChI=1S/C15H19N3O2S/c1-11-16-15(17-20-11)13-3-2-7-18(9-13)14(19)5-4-12-6-8-21-10-12/h6,8,10,13H,2-5,7,9H2,1H3. The van der Waals surface area contributed by atoms with Crippen molar-refractivity contribution in [2.24, 2.45) is 0 Å². The van der Waals surface area contributed by atoms with E-state index in [0.29, 0.717) is 18.9 Å². The van der Waals surface area contributed by atoms with Crippen LogP contribution in [-0.4, -0.2) is 34.0 Å². The minimum Gasteiger partial charge on any atom is -0.342 e. The second-order valence-corrected chi connectivity index (χ2v) is 6.26. The van der Waals surface area contributed by atoms with Crippen molar-refractivity contribution in [2.45, 2.75) is 38.5 Å². The number of carbonyl (C=O) groups excluding carboxylic acids is 1. The summed E-state index contributed by atoms with van der Waals surface area (Å²) < 4.78 is 5.05. The van der Waals surface area contributed by atoms with Gasteiger partial charge < -0.3 is 9.42 Å². The topological polar surface area (TPSA) is 59.2 Å². The second kappa shape index (κ2) is 6.39. The van der Waals surface area contributed by atoms with Gasteiger partial charge in [0.05, 0.1) is 0 Å². The molecule has 1 aliphatic rings. The molecule has 0 N–H and O–H groups in total. The normalized spacial score (nSPS) is 18.9. The van der Waals surface area contributed by atoms with Crippen LogP contribution in [0.25, 0.3) is 0 Å². The zero-order valence-electron chi connectivity index (χ0n) is 12.1. The lowest BCUT2D eigenvalue weighted by atomic mass is 9.97. The van der Waals surface area contributed by atoms with Crippen molar-refractivity contribution in [1.82, 2.24) is 15.0 Å². The van der Waals surface area contributed by atoms with Crippen LogP contribution in [0.1, 0.15) is 42.5 Å². The van der Waals surface area contributed by atoms with Crippen LogP contribution in [0.2, 0.25) is 0 Å². The molecular weight excluding hydrogens is 286 g/mol. The Balaban J connectivity index is 1.56. The van der Waals surface area contributed by atoms with E-state index in [-0.39, 0.29) is 11.8 Å². The van der Waals surface area contributed by atoms with Gasteiger partial charge in [-0.1, -0.05) is 5.16 Å². The Bertz CT molecular complexity index is 594. The van der Waals surface area contributed by atoms with E-state index in [2.05, 4.69) is 27.0 Å². The molecule has 6 heteroatoms. The van der Waals surface area contributed by atoms with Crippen molar-refractivity contribution in [2.75, 3.05) is 13.1 Å². The Morgan fingerprint density at radius 2 is 2.48 bits per heavy atom. The van der Waals surface area contributed by atoms with Gasteiger partial charge in [0.2, 0.25) is 11.8 Å². The number of nitrogens with zero attached hydrogens (tertiary/aromatic N) is 3. The van der Waals surface area contributed by atoms with Gasteiger partial charge in [0.1, 0.15) is 0 Å². The minimum absolute atomic E-state index is 0.210. The van der Waals surface area contributed by atoms with Gasteiger partial charge >= 0.3 is 0 Å². The maximum absolute atomic E-state index is 12.3. The number of hydrogen-bond donors (Lipinski definition) is 0. The fraction of sp³-hybridized carbons (Fsp3) is 0.533. The molecule has 0 bridgehead atoms. The summed E-state index contributed by atoms with van der Waals surface area (Å²) in [5, 5.41) is 8.15. The Labute approximate surface area is 128 Å². The molecule has 0 radical (unpaired) electrons. The number of aryl methyl sites for hydroxylation is 2. The molecule has 0 saturated carbocycles. The van der Waals surface area contributed by atoms with E-state index in [1.54, 1.807) is 18.3 Å². The molecule has 112 valence electrons. The summed E-state index contributed by atoms with van der Waals surface area (Å²) >= 11 is 1.67. The van der Waals surface area contributed by atoms with Crippen LogP contribution in [0, 0.1) is 6.92 Å². The lowest BCUT2D eigenvalue weighted by molar-refractivity contribution is -0.132.